The van der Waals surface area contributed by atoms with Crippen LogP contribution in [-0.2, 0) is 0 Å². The Kier molecular flexibility index (Phi) is 2.25. The van der Waals surface area contributed by atoms with E-state index in [-0.39, 0.29) is 10.7 Å². The molecule has 0 amide bonds. The van der Waals surface area contributed by atoms with E-state index in [1.165, 1.54) is 6.33 Å². The van der Waals surface area contributed by atoms with Gasteiger partial charge in [0.15, 0.2) is 5.82 Å². The number of anilines is 1. The van der Waals surface area contributed by atoms with Gasteiger partial charge in [-0.2, -0.15) is 0 Å². The predicted molar refractivity (Wildman–Crippen MR) is 54.5 cm³/mol. The lowest BCUT2D eigenvalue weighted by Crippen LogP contribution is -1.96. The van der Waals surface area contributed by atoms with Crippen molar-refractivity contribution in [2.75, 3.05) is 5.48 Å². The smallest absolute Gasteiger partial charge is 0.346 e. The Hall–Kier alpha value is -1.73. The standard InChI is InChI=1S/C8H7N3O3S/c1-3-4-6(11-14)9-2-10-7(4)15-5(3)8(12)13/h2,14H,1H3,(H,12,13)(H,9,10,11). The first-order chi connectivity index (χ1) is 7.15. The maximum absolute atomic E-state index is 10.9. The number of aryl methyl sites for hydroxylation is 1. The van der Waals surface area contributed by atoms with Gasteiger partial charge in [0, 0.05) is 0 Å². The number of carbonyl (C=O) groups is 1. The summed E-state index contributed by atoms with van der Waals surface area (Å²) in [6.45, 7) is 1.66. The van der Waals surface area contributed by atoms with Gasteiger partial charge in [-0.15, -0.1) is 11.3 Å². The Morgan fingerprint density at radius 3 is 2.87 bits per heavy atom. The molecule has 0 aliphatic rings. The highest BCUT2D eigenvalue weighted by Crippen LogP contribution is 2.32. The Morgan fingerprint density at radius 1 is 1.53 bits per heavy atom. The van der Waals surface area contributed by atoms with E-state index in [1.807, 2.05) is 5.48 Å². The van der Waals surface area contributed by atoms with Gasteiger partial charge in [0.2, 0.25) is 0 Å². The number of rotatable bonds is 2. The molecule has 0 fully saturated rings. The first-order valence-electron chi connectivity index (χ1n) is 4.02. The molecule has 78 valence electrons. The zero-order chi connectivity index (χ0) is 11.0. The summed E-state index contributed by atoms with van der Waals surface area (Å²) in [5.41, 5.74) is 2.48. The number of hydrogen-bond donors (Lipinski definition) is 3. The Bertz CT molecular complexity index is 537. The molecule has 6 nitrogen and oxygen atoms in total. The Morgan fingerprint density at radius 2 is 2.27 bits per heavy atom. The molecule has 2 aromatic rings. The van der Waals surface area contributed by atoms with E-state index in [0.29, 0.717) is 15.8 Å². The summed E-state index contributed by atoms with van der Waals surface area (Å²) in [5, 5.41) is 18.3. The van der Waals surface area contributed by atoms with Crippen LogP contribution in [0.1, 0.15) is 15.2 Å². The molecular weight excluding hydrogens is 218 g/mol. The SMILES string of the molecule is Cc1c(C(=O)O)sc2ncnc(NO)c12. The van der Waals surface area contributed by atoms with Gasteiger partial charge < -0.3 is 5.11 Å². The second-order valence-corrected chi connectivity index (χ2v) is 3.87. The first-order valence-corrected chi connectivity index (χ1v) is 4.84. The first kappa shape index (κ1) is 9.81. The van der Waals surface area contributed by atoms with Crippen LogP contribution in [0.5, 0.6) is 0 Å². The molecule has 2 rings (SSSR count). The summed E-state index contributed by atoms with van der Waals surface area (Å²) in [6.07, 6.45) is 1.27. The minimum Gasteiger partial charge on any atom is -0.477 e. The van der Waals surface area contributed by atoms with Gasteiger partial charge in [0.25, 0.3) is 0 Å². The van der Waals surface area contributed by atoms with E-state index >= 15 is 0 Å². The molecule has 0 aliphatic carbocycles. The molecule has 0 saturated carbocycles. The molecule has 2 heterocycles. The number of thiophene rings is 1. The third kappa shape index (κ3) is 1.41. The van der Waals surface area contributed by atoms with Gasteiger partial charge in [0.05, 0.1) is 5.39 Å². The summed E-state index contributed by atoms with van der Waals surface area (Å²) in [5.74, 6) is -0.777. The Labute approximate surface area is 88.2 Å². The van der Waals surface area contributed by atoms with E-state index in [0.717, 1.165) is 11.3 Å². The number of hydrogen-bond acceptors (Lipinski definition) is 6. The van der Waals surface area contributed by atoms with Crippen molar-refractivity contribution in [3.8, 4) is 0 Å². The third-order valence-corrected chi connectivity index (χ3v) is 3.21. The van der Waals surface area contributed by atoms with Gasteiger partial charge >= 0.3 is 5.97 Å². The quantitative estimate of drug-likeness (QED) is 0.670. The van der Waals surface area contributed by atoms with E-state index in [1.54, 1.807) is 6.92 Å². The van der Waals surface area contributed by atoms with Gasteiger partial charge in [0.1, 0.15) is 16.0 Å². The van der Waals surface area contributed by atoms with Crippen LogP contribution in [0.3, 0.4) is 0 Å². The highest BCUT2D eigenvalue weighted by atomic mass is 32.1. The average molecular weight is 225 g/mol. The van der Waals surface area contributed by atoms with Crippen molar-refractivity contribution in [1.82, 2.24) is 9.97 Å². The van der Waals surface area contributed by atoms with E-state index in [2.05, 4.69) is 9.97 Å². The minimum atomic E-state index is -1.00. The fourth-order valence-corrected chi connectivity index (χ4v) is 2.35. The van der Waals surface area contributed by atoms with Crippen LogP contribution < -0.4 is 5.48 Å². The molecular formula is C8H7N3O3S. The van der Waals surface area contributed by atoms with Crippen LogP contribution in [0.2, 0.25) is 0 Å². The van der Waals surface area contributed by atoms with Gasteiger partial charge in [-0.25, -0.2) is 14.8 Å². The molecule has 2 aromatic heterocycles. The highest BCUT2D eigenvalue weighted by molar-refractivity contribution is 7.20. The molecule has 15 heavy (non-hydrogen) atoms. The minimum absolute atomic E-state index is 0.210. The number of carboxylic acid groups (broad SMARTS) is 1. The zero-order valence-electron chi connectivity index (χ0n) is 7.68. The molecule has 0 bridgehead atoms. The molecule has 3 N–H and O–H groups in total. The summed E-state index contributed by atoms with van der Waals surface area (Å²) in [7, 11) is 0. The normalized spacial score (nSPS) is 10.5. The Balaban J connectivity index is 2.82. The van der Waals surface area contributed by atoms with Crippen molar-refractivity contribution >= 4 is 33.3 Å². The maximum Gasteiger partial charge on any atom is 0.346 e. The topological polar surface area (TPSA) is 95.3 Å². The van der Waals surface area contributed by atoms with Crippen LogP contribution in [0.25, 0.3) is 10.2 Å². The van der Waals surface area contributed by atoms with Gasteiger partial charge in [-0.1, -0.05) is 0 Å². The fourth-order valence-electron chi connectivity index (χ4n) is 1.36. The maximum atomic E-state index is 10.9. The van der Waals surface area contributed by atoms with Crippen LogP contribution in [0, 0.1) is 6.92 Å². The molecule has 0 saturated heterocycles. The average Bonchev–Trinajstić information content (AvgIpc) is 2.56. The summed E-state index contributed by atoms with van der Waals surface area (Å²) < 4.78 is 0. The number of nitrogens with one attached hydrogen (secondary N) is 1. The van der Waals surface area contributed by atoms with Crippen LogP contribution in [-0.4, -0.2) is 26.3 Å². The molecule has 0 unspecified atom stereocenters. The predicted octanol–water partition coefficient (Wildman–Crippen LogP) is 1.50. The third-order valence-electron chi connectivity index (χ3n) is 2.03. The van der Waals surface area contributed by atoms with Crippen molar-refractivity contribution in [3.63, 3.8) is 0 Å². The second-order valence-electron chi connectivity index (χ2n) is 2.88. The summed E-state index contributed by atoms with van der Waals surface area (Å²) >= 11 is 1.06. The summed E-state index contributed by atoms with van der Waals surface area (Å²) in [6, 6.07) is 0. The molecule has 0 aromatic carbocycles. The lowest BCUT2D eigenvalue weighted by Gasteiger charge is -1.99. The number of aromatic carboxylic acids is 1. The number of carboxylic acids is 1. The second kappa shape index (κ2) is 3.44. The van der Waals surface area contributed by atoms with E-state index < -0.39 is 5.97 Å². The lowest BCUT2D eigenvalue weighted by atomic mass is 10.2. The van der Waals surface area contributed by atoms with Gasteiger partial charge in [-0.05, 0) is 12.5 Å². The number of nitrogens with zero attached hydrogens (tertiary/aromatic N) is 2. The van der Waals surface area contributed by atoms with Crippen molar-refractivity contribution in [2.45, 2.75) is 6.92 Å². The van der Waals surface area contributed by atoms with E-state index in [9.17, 15) is 4.79 Å². The van der Waals surface area contributed by atoms with Gasteiger partial charge in [-0.3, -0.25) is 10.7 Å². The number of fused-ring (bicyclic) bond motifs is 1. The molecule has 0 radical (unpaired) electrons. The molecule has 0 spiro atoms. The molecule has 7 heteroatoms. The monoisotopic (exact) mass is 225 g/mol. The molecule has 0 aliphatic heterocycles. The molecule has 0 atom stereocenters. The van der Waals surface area contributed by atoms with Crippen LogP contribution >= 0.6 is 11.3 Å². The fraction of sp³-hybridized carbons (Fsp3) is 0.125. The van der Waals surface area contributed by atoms with Crippen molar-refractivity contribution in [2.24, 2.45) is 0 Å². The van der Waals surface area contributed by atoms with E-state index in [4.69, 9.17) is 10.3 Å². The van der Waals surface area contributed by atoms with Crippen molar-refractivity contribution in [3.05, 3.63) is 16.8 Å². The largest absolute Gasteiger partial charge is 0.477 e. The lowest BCUT2D eigenvalue weighted by molar-refractivity contribution is 0.0701. The summed E-state index contributed by atoms with van der Waals surface area (Å²) in [4.78, 5) is 19.4. The number of aromatic nitrogens is 2. The van der Waals surface area contributed by atoms with Crippen molar-refractivity contribution in [1.29, 1.82) is 0 Å². The zero-order valence-corrected chi connectivity index (χ0v) is 8.50. The highest BCUT2D eigenvalue weighted by Gasteiger charge is 2.17. The van der Waals surface area contributed by atoms with Crippen LogP contribution in [0.4, 0.5) is 5.82 Å². The van der Waals surface area contributed by atoms with Crippen LogP contribution in [0.15, 0.2) is 6.33 Å². The van der Waals surface area contributed by atoms with Crippen molar-refractivity contribution < 1.29 is 15.1 Å².